The molecule has 5 nitrogen and oxygen atoms in total. The van der Waals surface area contributed by atoms with Crippen LogP contribution in [-0.2, 0) is 0 Å². The van der Waals surface area contributed by atoms with Crippen LogP contribution in [0.5, 0.6) is 0 Å². The van der Waals surface area contributed by atoms with E-state index in [-0.39, 0.29) is 30.5 Å². The average molecular weight is 402 g/mol. The summed E-state index contributed by atoms with van der Waals surface area (Å²) in [6, 6.07) is 11.5. The second kappa shape index (κ2) is 6.42. The van der Waals surface area contributed by atoms with Crippen molar-refractivity contribution in [2.75, 3.05) is 25.1 Å². The van der Waals surface area contributed by atoms with Crippen LogP contribution in [0, 0.1) is 5.92 Å². The molecule has 1 amide bonds. The van der Waals surface area contributed by atoms with Gasteiger partial charge in [0.25, 0.3) is 5.91 Å². The summed E-state index contributed by atoms with van der Waals surface area (Å²) >= 11 is 3.56. The number of likely N-dealkylation sites (tertiary alicyclic amines) is 1. The largest absolute Gasteiger partial charge is 0.394 e. The number of rotatable bonds is 2. The van der Waals surface area contributed by atoms with Gasteiger partial charge in [0.15, 0.2) is 0 Å². The summed E-state index contributed by atoms with van der Waals surface area (Å²) in [5.74, 6) is 0.171. The molecule has 2 aliphatic rings. The van der Waals surface area contributed by atoms with Crippen molar-refractivity contribution in [1.82, 2.24) is 9.88 Å². The van der Waals surface area contributed by atoms with Gasteiger partial charge < -0.3 is 14.9 Å². The highest BCUT2D eigenvalue weighted by Gasteiger charge is 2.47. The fraction of sp³-hybridized carbons (Fsp3) is 0.368. The van der Waals surface area contributed by atoms with E-state index >= 15 is 0 Å². The summed E-state index contributed by atoms with van der Waals surface area (Å²) in [4.78, 5) is 21.4. The number of aliphatic hydroxyl groups is 1. The third-order valence-electron chi connectivity index (χ3n) is 5.46. The number of halogens is 1. The number of anilines is 1. The van der Waals surface area contributed by atoms with Crippen LogP contribution in [0.1, 0.15) is 28.5 Å². The number of aromatic nitrogens is 1. The van der Waals surface area contributed by atoms with Gasteiger partial charge in [-0.1, -0.05) is 22.0 Å². The molecule has 0 radical (unpaired) electrons. The number of hydrogen-bond acceptors (Lipinski definition) is 4. The molecular weight excluding hydrogens is 382 g/mol. The van der Waals surface area contributed by atoms with Crippen LogP contribution in [0.4, 0.5) is 5.69 Å². The summed E-state index contributed by atoms with van der Waals surface area (Å²) < 4.78 is 0.998. The lowest BCUT2D eigenvalue weighted by atomic mass is 9.82. The molecule has 0 spiro atoms. The molecule has 1 aromatic heterocycles. The fourth-order valence-electron chi connectivity index (χ4n) is 4.29. The van der Waals surface area contributed by atoms with Gasteiger partial charge in [-0.15, -0.1) is 0 Å². The highest BCUT2D eigenvalue weighted by Crippen LogP contribution is 2.49. The smallest absolute Gasteiger partial charge is 0.272 e. The molecule has 3 heterocycles. The molecule has 3 atom stereocenters. The normalized spacial score (nSPS) is 24.8. The Hall–Kier alpha value is -1.92. The highest BCUT2D eigenvalue weighted by atomic mass is 79.9. The third kappa shape index (κ3) is 2.64. The van der Waals surface area contributed by atoms with Crippen LogP contribution < -0.4 is 4.90 Å². The molecule has 25 heavy (non-hydrogen) atoms. The zero-order chi connectivity index (χ0) is 17.6. The number of hydrogen-bond donors (Lipinski definition) is 1. The zero-order valence-electron chi connectivity index (χ0n) is 14.0. The van der Waals surface area contributed by atoms with Gasteiger partial charge in [-0.2, -0.15) is 0 Å². The second-order valence-electron chi connectivity index (χ2n) is 6.67. The van der Waals surface area contributed by atoms with E-state index in [0.717, 1.165) is 22.1 Å². The van der Waals surface area contributed by atoms with E-state index in [1.165, 1.54) is 0 Å². The van der Waals surface area contributed by atoms with E-state index < -0.39 is 0 Å². The van der Waals surface area contributed by atoms with Crippen LogP contribution in [-0.4, -0.2) is 47.1 Å². The number of aliphatic hydroxyl groups excluding tert-OH is 1. The molecule has 1 N–H and O–H groups in total. The molecule has 130 valence electrons. The van der Waals surface area contributed by atoms with E-state index in [4.69, 9.17) is 0 Å². The lowest BCUT2D eigenvalue weighted by molar-refractivity contribution is 0.0688. The Bertz CT molecular complexity index is 799. The van der Waals surface area contributed by atoms with Crippen molar-refractivity contribution in [2.45, 2.75) is 18.5 Å². The van der Waals surface area contributed by atoms with Crippen LogP contribution in [0.25, 0.3) is 0 Å². The summed E-state index contributed by atoms with van der Waals surface area (Å²) in [6.45, 7) is 0.764. The Labute approximate surface area is 155 Å². The molecule has 0 unspecified atom stereocenters. The number of pyridine rings is 1. The van der Waals surface area contributed by atoms with Gasteiger partial charge in [-0.25, -0.2) is 0 Å². The standard InChI is InChI=1S/C19H20BrN3O2/c1-22-16-6-5-12(20)10-14(16)18-13(17(22)11-24)7-9-23(18)19(25)15-4-2-3-8-21-15/h2-6,8,10,13,17-18,24H,7,9,11H2,1H3/t13-,17+,18-/m0/s1. The van der Waals surface area contributed by atoms with Crippen molar-refractivity contribution in [3.8, 4) is 0 Å². The van der Waals surface area contributed by atoms with Crippen LogP contribution >= 0.6 is 15.9 Å². The molecule has 4 rings (SSSR count). The number of carbonyl (C=O) groups excluding carboxylic acids is 1. The molecule has 0 bridgehead atoms. The molecule has 1 fully saturated rings. The average Bonchev–Trinajstić information content (AvgIpc) is 3.07. The minimum absolute atomic E-state index is 0.0141. The lowest BCUT2D eigenvalue weighted by Gasteiger charge is -2.44. The first-order chi connectivity index (χ1) is 12.1. The maximum atomic E-state index is 13.0. The Morgan fingerprint density at radius 3 is 2.92 bits per heavy atom. The van der Waals surface area contributed by atoms with E-state index in [9.17, 15) is 9.90 Å². The van der Waals surface area contributed by atoms with E-state index in [1.807, 2.05) is 30.1 Å². The maximum absolute atomic E-state index is 13.0. The molecule has 2 aliphatic heterocycles. The van der Waals surface area contributed by atoms with Gasteiger partial charge in [0.05, 0.1) is 18.7 Å². The van der Waals surface area contributed by atoms with Crippen molar-refractivity contribution < 1.29 is 9.90 Å². The number of nitrogens with zero attached hydrogens (tertiary/aromatic N) is 3. The van der Waals surface area contributed by atoms with Crippen molar-refractivity contribution in [2.24, 2.45) is 5.92 Å². The summed E-state index contributed by atoms with van der Waals surface area (Å²) in [7, 11) is 2.02. The predicted octanol–water partition coefficient (Wildman–Crippen LogP) is 2.86. The minimum atomic E-state index is -0.0414. The zero-order valence-corrected chi connectivity index (χ0v) is 15.6. The topological polar surface area (TPSA) is 56.7 Å². The van der Waals surface area contributed by atoms with E-state index in [0.29, 0.717) is 12.2 Å². The van der Waals surface area contributed by atoms with Gasteiger partial charge in [0.1, 0.15) is 5.69 Å². The molecule has 6 heteroatoms. The van der Waals surface area contributed by atoms with E-state index in [2.05, 4.69) is 37.9 Å². The molecular formula is C19H20BrN3O2. The summed E-state index contributed by atoms with van der Waals surface area (Å²) in [5, 5.41) is 9.96. The van der Waals surface area contributed by atoms with Gasteiger partial charge >= 0.3 is 0 Å². The first-order valence-electron chi connectivity index (χ1n) is 8.47. The van der Waals surface area contributed by atoms with Crippen LogP contribution in [0.15, 0.2) is 47.1 Å². The quantitative estimate of drug-likeness (QED) is 0.840. The number of amides is 1. The van der Waals surface area contributed by atoms with Gasteiger partial charge in [0, 0.05) is 35.9 Å². The van der Waals surface area contributed by atoms with Crippen molar-refractivity contribution in [3.63, 3.8) is 0 Å². The molecule has 2 aromatic rings. The number of carbonyl (C=O) groups is 1. The first kappa shape index (κ1) is 16.5. The lowest BCUT2D eigenvalue weighted by Crippen LogP contribution is -2.48. The van der Waals surface area contributed by atoms with Crippen LogP contribution in [0.3, 0.4) is 0 Å². The highest BCUT2D eigenvalue weighted by molar-refractivity contribution is 9.10. The Kier molecular flexibility index (Phi) is 4.25. The third-order valence-corrected chi connectivity index (χ3v) is 5.95. The number of benzene rings is 1. The molecule has 1 saturated heterocycles. The predicted molar refractivity (Wildman–Crippen MR) is 99.5 cm³/mol. The Balaban J connectivity index is 1.79. The Morgan fingerprint density at radius 2 is 2.20 bits per heavy atom. The number of fused-ring (bicyclic) bond motifs is 3. The first-order valence-corrected chi connectivity index (χ1v) is 9.26. The van der Waals surface area contributed by atoms with Crippen LogP contribution in [0.2, 0.25) is 0 Å². The van der Waals surface area contributed by atoms with Crippen molar-refractivity contribution in [1.29, 1.82) is 0 Å². The molecule has 0 saturated carbocycles. The van der Waals surface area contributed by atoms with Gasteiger partial charge in [-0.3, -0.25) is 9.78 Å². The number of likely N-dealkylation sites (N-methyl/N-ethyl adjacent to an activating group) is 1. The molecule has 0 aliphatic carbocycles. The van der Waals surface area contributed by atoms with Gasteiger partial charge in [0.2, 0.25) is 0 Å². The second-order valence-corrected chi connectivity index (χ2v) is 7.59. The minimum Gasteiger partial charge on any atom is -0.394 e. The summed E-state index contributed by atoms with van der Waals surface area (Å²) in [5.41, 5.74) is 2.68. The summed E-state index contributed by atoms with van der Waals surface area (Å²) in [6.07, 6.45) is 2.53. The van der Waals surface area contributed by atoms with Crippen molar-refractivity contribution in [3.05, 3.63) is 58.3 Å². The fourth-order valence-corrected chi connectivity index (χ4v) is 4.67. The monoisotopic (exact) mass is 401 g/mol. The Morgan fingerprint density at radius 1 is 1.36 bits per heavy atom. The van der Waals surface area contributed by atoms with E-state index in [1.54, 1.807) is 12.3 Å². The van der Waals surface area contributed by atoms with Crippen molar-refractivity contribution >= 4 is 27.5 Å². The molecule has 1 aromatic carbocycles. The maximum Gasteiger partial charge on any atom is 0.272 e. The van der Waals surface area contributed by atoms with Gasteiger partial charge in [-0.05, 0) is 42.3 Å². The SMILES string of the molecule is CN1c2ccc(Br)cc2[C@@H]2[C@@H](CCN2C(=O)c2ccccn2)[C@H]1CO.